The molecule has 2 aliphatic rings. The van der Waals surface area contributed by atoms with Crippen LogP contribution >= 0.6 is 0 Å². The molecular weight excluding hydrogens is 251 g/mol. The number of benzene rings is 1. The highest BCUT2D eigenvalue weighted by atomic mass is 19.1. The number of halogens is 1. The van der Waals surface area contributed by atoms with Crippen LogP contribution in [-0.4, -0.2) is 37.6 Å². The number of hydrogen-bond acceptors (Lipinski definition) is 2. The van der Waals surface area contributed by atoms with E-state index >= 15 is 0 Å². The summed E-state index contributed by atoms with van der Waals surface area (Å²) in [6.45, 7) is 5.67. The van der Waals surface area contributed by atoms with Crippen LogP contribution in [0.3, 0.4) is 0 Å². The fourth-order valence-electron chi connectivity index (χ4n) is 4.15. The Morgan fingerprint density at radius 2 is 2.00 bits per heavy atom. The third kappa shape index (κ3) is 2.49. The molecule has 0 aliphatic carbocycles. The van der Waals surface area contributed by atoms with Crippen molar-refractivity contribution in [2.24, 2.45) is 5.41 Å². The molecule has 0 amide bonds. The average Bonchev–Trinajstić information content (AvgIpc) is 2.45. The van der Waals surface area contributed by atoms with Gasteiger partial charge >= 0.3 is 0 Å². The van der Waals surface area contributed by atoms with Gasteiger partial charge in [0.2, 0.25) is 0 Å². The molecule has 2 heterocycles. The van der Waals surface area contributed by atoms with Gasteiger partial charge in [0.05, 0.1) is 0 Å². The van der Waals surface area contributed by atoms with E-state index in [1.165, 1.54) is 31.4 Å². The molecule has 0 radical (unpaired) electrons. The van der Waals surface area contributed by atoms with Crippen LogP contribution < -0.4 is 5.32 Å². The summed E-state index contributed by atoms with van der Waals surface area (Å²) in [7, 11) is 2.23. The van der Waals surface area contributed by atoms with Gasteiger partial charge in [-0.25, -0.2) is 4.39 Å². The smallest absolute Gasteiger partial charge is 0.123 e. The molecule has 0 aromatic heterocycles. The molecule has 0 saturated carbocycles. The number of likely N-dealkylation sites (tertiary alicyclic amines) is 1. The zero-order valence-electron chi connectivity index (χ0n) is 12.5. The lowest BCUT2D eigenvalue weighted by atomic mass is 9.61. The van der Waals surface area contributed by atoms with Crippen molar-refractivity contribution in [2.45, 2.75) is 38.1 Å². The third-order valence-electron chi connectivity index (χ3n) is 5.58. The third-order valence-corrected chi connectivity index (χ3v) is 5.58. The lowest BCUT2D eigenvalue weighted by molar-refractivity contribution is 0.0320. The zero-order chi connectivity index (χ0) is 14.2. The van der Waals surface area contributed by atoms with Gasteiger partial charge in [0.15, 0.2) is 0 Å². The van der Waals surface area contributed by atoms with Crippen LogP contribution in [0.4, 0.5) is 4.39 Å². The lowest BCUT2D eigenvalue weighted by Gasteiger charge is -2.51. The van der Waals surface area contributed by atoms with Gasteiger partial charge in [0, 0.05) is 18.5 Å². The summed E-state index contributed by atoms with van der Waals surface area (Å²) in [6, 6.07) is 7.83. The number of nitrogens with one attached hydrogen (secondary N) is 1. The second-order valence-electron chi connectivity index (χ2n) is 6.70. The van der Waals surface area contributed by atoms with E-state index in [0.29, 0.717) is 17.4 Å². The molecule has 0 bridgehead atoms. The normalized spacial score (nSPS) is 35.4. The summed E-state index contributed by atoms with van der Waals surface area (Å²) in [5.41, 5.74) is 1.70. The molecule has 2 saturated heterocycles. The van der Waals surface area contributed by atoms with Crippen LogP contribution in [-0.2, 0) is 0 Å². The first-order valence-corrected chi connectivity index (χ1v) is 7.77. The Bertz CT molecular complexity index is 459. The van der Waals surface area contributed by atoms with Gasteiger partial charge in [-0.3, -0.25) is 0 Å². The van der Waals surface area contributed by atoms with Crippen LogP contribution in [0, 0.1) is 11.2 Å². The van der Waals surface area contributed by atoms with Gasteiger partial charge in [-0.1, -0.05) is 12.1 Å². The number of rotatable bonds is 1. The molecule has 1 N–H and O–H groups in total. The van der Waals surface area contributed by atoms with Gasteiger partial charge in [0.1, 0.15) is 5.82 Å². The molecule has 3 atom stereocenters. The quantitative estimate of drug-likeness (QED) is 0.848. The Kier molecular flexibility index (Phi) is 3.83. The van der Waals surface area contributed by atoms with E-state index in [9.17, 15) is 4.39 Å². The molecule has 2 fully saturated rings. The fourth-order valence-corrected chi connectivity index (χ4v) is 4.15. The van der Waals surface area contributed by atoms with Crippen LogP contribution in [0.5, 0.6) is 0 Å². The standard InChI is InChI=1S/C17H25FN2/c1-13-11-17(8-10-20(13)2)7-9-19-12-16(17)14-3-5-15(18)6-4-14/h3-6,13,16,19H,7-12H2,1-2H3. The molecule has 3 rings (SSSR count). The van der Waals surface area contributed by atoms with Gasteiger partial charge < -0.3 is 10.2 Å². The molecule has 1 spiro atoms. The Morgan fingerprint density at radius 1 is 1.25 bits per heavy atom. The maximum atomic E-state index is 13.2. The summed E-state index contributed by atoms with van der Waals surface area (Å²) in [6.07, 6.45) is 3.76. The van der Waals surface area contributed by atoms with Crippen LogP contribution in [0.15, 0.2) is 24.3 Å². The van der Waals surface area contributed by atoms with Crippen molar-refractivity contribution < 1.29 is 4.39 Å². The molecule has 110 valence electrons. The highest BCUT2D eigenvalue weighted by Crippen LogP contribution is 2.49. The monoisotopic (exact) mass is 276 g/mol. The van der Waals surface area contributed by atoms with E-state index in [1.807, 2.05) is 12.1 Å². The van der Waals surface area contributed by atoms with Gasteiger partial charge in [-0.2, -0.15) is 0 Å². The number of piperidine rings is 2. The van der Waals surface area contributed by atoms with Gasteiger partial charge in [0.25, 0.3) is 0 Å². The highest BCUT2D eigenvalue weighted by molar-refractivity contribution is 5.25. The van der Waals surface area contributed by atoms with E-state index in [4.69, 9.17) is 0 Å². The lowest BCUT2D eigenvalue weighted by Crippen LogP contribution is -2.52. The van der Waals surface area contributed by atoms with Gasteiger partial charge in [-0.05, 0) is 69.4 Å². The molecule has 1 aromatic rings. The van der Waals surface area contributed by atoms with E-state index in [0.717, 1.165) is 13.1 Å². The summed E-state index contributed by atoms with van der Waals surface area (Å²) >= 11 is 0. The predicted octanol–water partition coefficient (Wildman–Crippen LogP) is 3.00. The van der Waals surface area contributed by atoms with Crippen molar-refractivity contribution in [1.82, 2.24) is 10.2 Å². The maximum absolute atomic E-state index is 13.2. The highest BCUT2D eigenvalue weighted by Gasteiger charge is 2.44. The minimum atomic E-state index is -0.136. The fraction of sp³-hybridized carbons (Fsp3) is 0.647. The second-order valence-corrected chi connectivity index (χ2v) is 6.70. The van der Waals surface area contributed by atoms with Crippen molar-refractivity contribution in [3.8, 4) is 0 Å². The van der Waals surface area contributed by atoms with E-state index in [-0.39, 0.29) is 5.82 Å². The van der Waals surface area contributed by atoms with Crippen molar-refractivity contribution in [3.63, 3.8) is 0 Å². The Morgan fingerprint density at radius 3 is 2.70 bits per heavy atom. The largest absolute Gasteiger partial charge is 0.316 e. The molecule has 3 unspecified atom stereocenters. The average molecular weight is 276 g/mol. The molecule has 20 heavy (non-hydrogen) atoms. The van der Waals surface area contributed by atoms with E-state index in [1.54, 1.807) is 12.1 Å². The topological polar surface area (TPSA) is 15.3 Å². The molecule has 1 aromatic carbocycles. The first-order chi connectivity index (χ1) is 9.61. The summed E-state index contributed by atoms with van der Waals surface area (Å²) in [4.78, 5) is 2.47. The van der Waals surface area contributed by atoms with Crippen LogP contribution in [0.25, 0.3) is 0 Å². The SMILES string of the molecule is CC1CC2(CCNCC2c2ccc(F)cc2)CCN1C. The first kappa shape index (κ1) is 14.0. The summed E-state index contributed by atoms with van der Waals surface area (Å²) < 4.78 is 13.2. The summed E-state index contributed by atoms with van der Waals surface area (Å²) in [5, 5.41) is 3.54. The van der Waals surface area contributed by atoms with Crippen molar-refractivity contribution in [2.75, 3.05) is 26.7 Å². The zero-order valence-corrected chi connectivity index (χ0v) is 12.5. The Hall–Kier alpha value is -0.930. The molecule has 2 aliphatic heterocycles. The molecule has 3 heteroatoms. The second kappa shape index (κ2) is 5.45. The van der Waals surface area contributed by atoms with Crippen LogP contribution in [0.2, 0.25) is 0 Å². The van der Waals surface area contributed by atoms with Crippen molar-refractivity contribution in [3.05, 3.63) is 35.6 Å². The minimum absolute atomic E-state index is 0.136. The Labute approximate surface area is 121 Å². The predicted molar refractivity (Wildman–Crippen MR) is 80.4 cm³/mol. The van der Waals surface area contributed by atoms with Crippen molar-refractivity contribution >= 4 is 0 Å². The number of nitrogens with zero attached hydrogens (tertiary/aromatic N) is 1. The Balaban J connectivity index is 1.89. The van der Waals surface area contributed by atoms with Gasteiger partial charge in [-0.15, -0.1) is 0 Å². The van der Waals surface area contributed by atoms with E-state index < -0.39 is 0 Å². The maximum Gasteiger partial charge on any atom is 0.123 e. The van der Waals surface area contributed by atoms with Crippen LogP contribution in [0.1, 0.15) is 37.7 Å². The van der Waals surface area contributed by atoms with E-state index in [2.05, 4.69) is 24.2 Å². The van der Waals surface area contributed by atoms with Crippen molar-refractivity contribution in [1.29, 1.82) is 0 Å². The minimum Gasteiger partial charge on any atom is -0.316 e. The molecule has 2 nitrogen and oxygen atoms in total. The number of hydrogen-bond donors (Lipinski definition) is 1. The first-order valence-electron chi connectivity index (χ1n) is 7.77. The molecular formula is C17H25FN2. The summed E-state index contributed by atoms with van der Waals surface area (Å²) in [5.74, 6) is 0.385.